The molecule has 0 radical (unpaired) electrons. The summed E-state index contributed by atoms with van der Waals surface area (Å²) in [5.74, 6) is 1.01. The molecule has 2 aromatic rings. The Labute approximate surface area is 123 Å². The first-order valence-electron chi connectivity index (χ1n) is 6.76. The lowest BCUT2D eigenvalue weighted by molar-refractivity contribution is 0.244. The first-order chi connectivity index (χ1) is 8.84. The van der Waals surface area contributed by atoms with Gasteiger partial charge in [0, 0.05) is 9.86 Å². The van der Waals surface area contributed by atoms with E-state index in [9.17, 15) is 0 Å². The Morgan fingerprint density at radius 1 is 1.32 bits per heavy atom. The Hall–Kier alpha value is -0.800. The molecule has 0 saturated carbocycles. The van der Waals surface area contributed by atoms with Crippen LogP contribution in [0.15, 0.2) is 27.1 Å². The van der Waals surface area contributed by atoms with Crippen molar-refractivity contribution in [3.8, 4) is 0 Å². The molecule has 0 aliphatic rings. The van der Waals surface area contributed by atoms with Gasteiger partial charge in [-0.05, 0) is 36.6 Å². The molecule has 1 atom stereocenters. The fourth-order valence-electron chi connectivity index (χ4n) is 2.42. The quantitative estimate of drug-likeness (QED) is 0.839. The van der Waals surface area contributed by atoms with Crippen LogP contribution in [-0.4, -0.2) is 6.54 Å². The Bertz CT molecular complexity index is 541. The topological polar surface area (TPSA) is 25.2 Å². The molecule has 104 valence electrons. The van der Waals surface area contributed by atoms with E-state index in [0.29, 0.717) is 0 Å². The average molecular weight is 324 g/mol. The van der Waals surface area contributed by atoms with Gasteiger partial charge in [0.2, 0.25) is 0 Å². The molecular formula is C16H22BrNO. The average Bonchev–Trinajstić information content (AvgIpc) is 2.75. The highest BCUT2D eigenvalue weighted by atomic mass is 79.9. The van der Waals surface area contributed by atoms with E-state index in [1.54, 1.807) is 0 Å². The van der Waals surface area contributed by atoms with Crippen molar-refractivity contribution >= 4 is 26.9 Å². The standard InChI is InChI=1S/C16H22BrNO/c1-6-18-15(16(3,4)5)13-9-11-12(17)8-7-10(2)14(11)19-13/h7-9,15,18H,6H2,1-5H3. The van der Waals surface area contributed by atoms with Crippen molar-refractivity contribution in [2.45, 2.75) is 40.7 Å². The van der Waals surface area contributed by atoms with E-state index < -0.39 is 0 Å². The Kier molecular flexibility index (Phi) is 4.07. The van der Waals surface area contributed by atoms with E-state index >= 15 is 0 Å². The van der Waals surface area contributed by atoms with Crippen LogP contribution in [0, 0.1) is 12.3 Å². The Balaban J connectivity index is 2.56. The summed E-state index contributed by atoms with van der Waals surface area (Å²) >= 11 is 3.60. The number of halogens is 1. The van der Waals surface area contributed by atoms with Crippen LogP contribution in [-0.2, 0) is 0 Å². The predicted molar refractivity (Wildman–Crippen MR) is 84.5 cm³/mol. The maximum Gasteiger partial charge on any atom is 0.138 e. The summed E-state index contributed by atoms with van der Waals surface area (Å²) in [5, 5.41) is 4.68. The van der Waals surface area contributed by atoms with Gasteiger partial charge in [-0.25, -0.2) is 0 Å². The van der Waals surface area contributed by atoms with Crippen molar-refractivity contribution in [2.24, 2.45) is 5.41 Å². The molecule has 1 aromatic carbocycles. The van der Waals surface area contributed by atoms with Crippen LogP contribution in [0.2, 0.25) is 0 Å². The molecule has 2 rings (SSSR count). The summed E-state index contributed by atoms with van der Waals surface area (Å²) in [6.07, 6.45) is 0. The number of fused-ring (bicyclic) bond motifs is 1. The second kappa shape index (κ2) is 5.29. The molecule has 0 amide bonds. The lowest BCUT2D eigenvalue weighted by Crippen LogP contribution is -2.31. The number of nitrogens with one attached hydrogen (secondary N) is 1. The first kappa shape index (κ1) is 14.6. The lowest BCUT2D eigenvalue weighted by Gasteiger charge is -2.29. The summed E-state index contributed by atoms with van der Waals surface area (Å²) in [4.78, 5) is 0. The largest absolute Gasteiger partial charge is 0.459 e. The minimum absolute atomic E-state index is 0.115. The fourth-order valence-corrected chi connectivity index (χ4v) is 2.85. The summed E-state index contributed by atoms with van der Waals surface area (Å²) in [6.45, 7) is 11.8. The highest BCUT2D eigenvalue weighted by Gasteiger charge is 2.28. The van der Waals surface area contributed by atoms with Crippen LogP contribution in [0.4, 0.5) is 0 Å². The third kappa shape index (κ3) is 2.87. The number of furan rings is 1. The molecule has 1 N–H and O–H groups in total. The molecule has 1 aromatic heterocycles. The molecule has 0 fully saturated rings. The van der Waals surface area contributed by atoms with E-state index in [1.807, 2.05) is 0 Å². The summed E-state index contributed by atoms with van der Waals surface area (Å²) in [7, 11) is 0. The molecular weight excluding hydrogens is 302 g/mol. The third-order valence-corrected chi connectivity index (χ3v) is 4.10. The van der Waals surface area contributed by atoms with Crippen LogP contribution in [0.5, 0.6) is 0 Å². The zero-order valence-electron chi connectivity index (χ0n) is 12.3. The van der Waals surface area contributed by atoms with Gasteiger partial charge in [-0.3, -0.25) is 0 Å². The normalized spacial score (nSPS) is 14.0. The van der Waals surface area contributed by atoms with Crippen molar-refractivity contribution in [2.75, 3.05) is 6.54 Å². The summed E-state index contributed by atoms with van der Waals surface area (Å²) in [6, 6.07) is 6.54. The van der Waals surface area contributed by atoms with Crippen LogP contribution in [0.1, 0.15) is 45.1 Å². The highest BCUT2D eigenvalue weighted by molar-refractivity contribution is 9.10. The highest BCUT2D eigenvalue weighted by Crippen LogP contribution is 2.38. The van der Waals surface area contributed by atoms with Gasteiger partial charge in [-0.15, -0.1) is 0 Å². The second-order valence-corrected chi connectivity index (χ2v) is 6.97. The zero-order chi connectivity index (χ0) is 14.2. The van der Waals surface area contributed by atoms with Crippen LogP contribution in [0.3, 0.4) is 0 Å². The molecule has 1 unspecified atom stereocenters. The SMILES string of the molecule is CCNC(c1cc2c(Br)ccc(C)c2o1)C(C)(C)C. The van der Waals surface area contributed by atoms with E-state index in [2.05, 4.69) is 74.1 Å². The molecule has 0 aliphatic carbocycles. The molecule has 19 heavy (non-hydrogen) atoms. The molecule has 0 bridgehead atoms. The van der Waals surface area contributed by atoms with Crippen molar-refractivity contribution in [3.05, 3.63) is 34.0 Å². The van der Waals surface area contributed by atoms with E-state index in [4.69, 9.17) is 4.42 Å². The van der Waals surface area contributed by atoms with Gasteiger partial charge in [-0.2, -0.15) is 0 Å². The van der Waals surface area contributed by atoms with E-state index in [-0.39, 0.29) is 11.5 Å². The Morgan fingerprint density at radius 3 is 2.53 bits per heavy atom. The molecule has 1 heterocycles. The summed E-state index contributed by atoms with van der Waals surface area (Å²) in [5.41, 5.74) is 2.27. The van der Waals surface area contributed by atoms with Crippen LogP contribution >= 0.6 is 15.9 Å². The number of aryl methyl sites for hydroxylation is 1. The number of benzene rings is 1. The molecule has 0 saturated heterocycles. The van der Waals surface area contributed by atoms with Gasteiger partial charge >= 0.3 is 0 Å². The van der Waals surface area contributed by atoms with Gasteiger partial charge in [0.15, 0.2) is 0 Å². The number of hydrogen-bond acceptors (Lipinski definition) is 2. The van der Waals surface area contributed by atoms with Crippen LogP contribution < -0.4 is 5.32 Å². The van der Waals surface area contributed by atoms with Gasteiger partial charge in [-0.1, -0.05) is 49.7 Å². The number of hydrogen-bond donors (Lipinski definition) is 1. The zero-order valence-corrected chi connectivity index (χ0v) is 13.9. The maximum absolute atomic E-state index is 6.13. The van der Waals surface area contributed by atoms with Crippen molar-refractivity contribution in [3.63, 3.8) is 0 Å². The van der Waals surface area contributed by atoms with Gasteiger partial charge in [0.1, 0.15) is 11.3 Å². The van der Waals surface area contributed by atoms with Crippen molar-refractivity contribution in [1.29, 1.82) is 0 Å². The molecule has 2 nitrogen and oxygen atoms in total. The second-order valence-electron chi connectivity index (χ2n) is 6.11. The predicted octanol–water partition coefficient (Wildman–Crippen LogP) is 5.20. The van der Waals surface area contributed by atoms with Gasteiger partial charge in [0.25, 0.3) is 0 Å². The molecule has 0 aliphatic heterocycles. The van der Waals surface area contributed by atoms with Gasteiger partial charge < -0.3 is 9.73 Å². The van der Waals surface area contributed by atoms with E-state index in [1.165, 1.54) is 5.56 Å². The monoisotopic (exact) mass is 323 g/mol. The fraction of sp³-hybridized carbons (Fsp3) is 0.500. The Morgan fingerprint density at radius 2 is 2.00 bits per heavy atom. The number of rotatable bonds is 3. The lowest BCUT2D eigenvalue weighted by atomic mass is 9.85. The van der Waals surface area contributed by atoms with E-state index in [0.717, 1.165) is 27.7 Å². The van der Waals surface area contributed by atoms with Crippen molar-refractivity contribution in [1.82, 2.24) is 5.32 Å². The van der Waals surface area contributed by atoms with Crippen molar-refractivity contribution < 1.29 is 4.42 Å². The molecule has 3 heteroatoms. The minimum Gasteiger partial charge on any atom is -0.459 e. The van der Waals surface area contributed by atoms with Gasteiger partial charge in [0.05, 0.1) is 6.04 Å². The summed E-state index contributed by atoms with van der Waals surface area (Å²) < 4.78 is 7.22. The maximum atomic E-state index is 6.13. The first-order valence-corrected chi connectivity index (χ1v) is 7.55. The smallest absolute Gasteiger partial charge is 0.138 e. The van der Waals surface area contributed by atoms with Crippen LogP contribution in [0.25, 0.3) is 11.0 Å². The third-order valence-electron chi connectivity index (χ3n) is 3.41. The molecule has 0 spiro atoms. The minimum atomic E-state index is 0.115.